The normalized spacial score (nSPS) is 17.3. The predicted octanol–water partition coefficient (Wildman–Crippen LogP) is 4.14. The Hall–Kier alpha value is -2.64. The summed E-state index contributed by atoms with van der Waals surface area (Å²) < 4.78 is 0. The standard InChI is InChI=1S/C16H10ClN3O3S/c17-12-9-11(20(22)23)6-7-13(12)18-16-19-15(21)14(24-16)8-10-4-2-1-3-5-10/h1-9H,(H,18,19,21)/b14-8+. The predicted molar refractivity (Wildman–Crippen MR) is 95.4 cm³/mol. The van der Waals surface area contributed by atoms with Crippen molar-refractivity contribution in [2.45, 2.75) is 0 Å². The summed E-state index contributed by atoms with van der Waals surface area (Å²) in [5.41, 5.74) is 1.15. The lowest BCUT2D eigenvalue weighted by molar-refractivity contribution is -0.384. The highest BCUT2D eigenvalue weighted by Gasteiger charge is 2.24. The highest BCUT2D eigenvalue weighted by Crippen LogP contribution is 2.32. The number of nitro groups is 1. The number of nitrogens with one attached hydrogen (secondary N) is 1. The number of rotatable bonds is 3. The van der Waals surface area contributed by atoms with Crippen molar-refractivity contribution in [3.05, 3.63) is 74.1 Å². The fraction of sp³-hybridized carbons (Fsp3) is 0. The molecule has 2 aromatic carbocycles. The number of hydrogen-bond donors (Lipinski definition) is 1. The minimum Gasteiger partial charge on any atom is -0.300 e. The first kappa shape index (κ1) is 16.2. The van der Waals surface area contributed by atoms with E-state index in [2.05, 4.69) is 10.3 Å². The van der Waals surface area contributed by atoms with E-state index in [0.29, 0.717) is 15.8 Å². The molecule has 0 atom stereocenters. The van der Waals surface area contributed by atoms with E-state index in [1.807, 2.05) is 30.3 Å². The molecule has 0 radical (unpaired) electrons. The molecule has 0 spiro atoms. The van der Waals surface area contributed by atoms with Crippen LogP contribution in [0.4, 0.5) is 11.4 Å². The van der Waals surface area contributed by atoms with Gasteiger partial charge >= 0.3 is 0 Å². The maximum Gasteiger partial charge on any atom is 0.271 e. The lowest BCUT2D eigenvalue weighted by atomic mass is 10.2. The first-order valence-electron chi connectivity index (χ1n) is 6.81. The van der Waals surface area contributed by atoms with Crippen molar-refractivity contribution < 1.29 is 9.72 Å². The van der Waals surface area contributed by atoms with E-state index in [0.717, 1.165) is 5.56 Å². The smallest absolute Gasteiger partial charge is 0.271 e. The quantitative estimate of drug-likeness (QED) is 0.507. The summed E-state index contributed by atoms with van der Waals surface area (Å²) in [7, 11) is 0. The molecule has 1 fully saturated rings. The van der Waals surface area contributed by atoms with Gasteiger partial charge in [0.25, 0.3) is 11.6 Å². The van der Waals surface area contributed by atoms with Gasteiger partial charge in [0.2, 0.25) is 0 Å². The van der Waals surface area contributed by atoms with Gasteiger partial charge in [-0.3, -0.25) is 14.9 Å². The molecule has 120 valence electrons. The number of hydrogen-bond acceptors (Lipinski definition) is 5. The molecule has 1 N–H and O–H groups in total. The number of carbonyl (C=O) groups excluding carboxylic acids is 1. The number of non-ortho nitro benzene ring substituents is 1. The van der Waals surface area contributed by atoms with Crippen LogP contribution in [0.5, 0.6) is 0 Å². The van der Waals surface area contributed by atoms with Gasteiger partial charge in [-0.05, 0) is 29.5 Å². The number of carbonyl (C=O) groups is 1. The summed E-state index contributed by atoms with van der Waals surface area (Å²) in [6.07, 6.45) is 1.76. The second-order valence-corrected chi connectivity index (χ2v) is 6.22. The van der Waals surface area contributed by atoms with Crippen LogP contribution in [-0.4, -0.2) is 16.0 Å². The van der Waals surface area contributed by atoms with Gasteiger partial charge in [-0.15, -0.1) is 0 Å². The molecule has 0 aromatic heterocycles. The monoisotopic (exact) mass is 359 g/mol. The van der Waals surface area contributed by atoms with Crippen LogP contribution < -0.4 is 5.32 Å². The molecule has 1 aliphatic heterocycles. The van der Waals surface area contributed by atoms with Gasteiger partial charge in [0.1, 0.15) is 0 Å². The van der Waals surface area contributed by atoms with Crippen molar-refractivity contribution >= 4 is 51.9 Å². The number of thioether (sulfide) groups is 1. The Labute approximate surface area is 146 Å². The molecule has 1 heterocycles. The third kappa shape index (κ3) is 3.64. The lowest BCUT2D eigenvalue weighted by Crippen LogP contribution is -2.19. The van der Waals surface area contributed by atoms with Crippen molar-refractivity contribution in [2.75, 3.05) is 0 Å². The lowest BCUT2D eigenvalue weighted by Gasteiger charge is -1.99. The van der Waals surface area contributed by atoms with Crippen LogP contribution in [0.25, 0.3) is 6.08 Å². The summed E-state index contributed by atoms with van der Waals surface area (Å²) in [6.45, 7) is 0. The van der Waals surface area contributed by atoms with E-state index in [1.165, 1.54) is 30.0 Å². The van der Waals surface area contributed by atoms with Gasteiger partial charge in [0.15, 0.2) is 5.17 Å². The maximum absolute atomic E-state index is 12.0. The van der Waals surface area contributed by atoms with Crippen LogP contribution in [-0.2, 0) is 4.79 Å². The summed E-state index contributed by atoms with van der Waals surface area (Å²) in [5.74, 6) is -0.249. The Morgan fingerprint density at radius 2 is 1.96 bits per heavy atom. The number of amides is 1. The number of nitrogens with zero attached hydrogens (tertiary/aromatic N) is 2. The SMILES string of the molecule is O=C1NC(=Nc2ccc([N+](=O)[O-])cc2Cl)S/C1=C/c1ccccc1. The maximum atomic E-state index is 12.0. The van der Waals surface area contributed by atoms with Crippen LogP contribution in [0.1, 0.15) is 5.56 Å². The summed E-state index contributed by atoms with van der Waals surface area (Å²) >= 11 is 7.19. The number of benzene rings is 2. The highest BCUT2D eigenvalue weighted by molar-refractivity contribution is 8.18. The Kier molecular flexibility index (Phi) is 4.64. The molecule has 0 unspecified atom stereocenters. The fourth-order valence-electron chi connectivity index (χ4n) is 1.99. The molecule has 2 aromatic rings. The number of aliphatic imine (C=N–C) groups is 1. The summed E-state index contributed by atoms with van der Waals surface area (Å²) in [5, 5.41) is 13.9. The third-order valence-corrected chi connectivity index (χ3v) is 4.32. The first-order chi connectivity index (χ1) is 11.5. The second-order valence-electron chi connectivity index (χ2n) is 4.79. The molecule has 3 rings (SSSR count). The Balaban J connectivity index is 1.84. The number of amidine groups is 1. The van der Waals surface area contributed by atoms with Crippen molar-refractivity contribution in [3.8, 4) is 0 Å². The molecular weight excluding hydrogens is 350 g/mol. The average molecular weight is 360 g/mol. The molecule has 0 bridgehead atoms. The number of halogens is 1. The molecule has 24 heavy (non-hydrogen) atoms. The third-order valence-electron chi connectivity index (χ3n) is 3.11. The molecule has 6 nitrogen and oxygen atoms in total. The van der Waals surface area contributed by atoms with Crippen molar-refractivity contribution in [1.29, 1.82) is 0 Å². The van der Waals surface area contributed by atoms with E-state index in [4.69, 9.17) is 11.6 Å². The highest BCUT2D eigenvalue weighted by atomic mass is 35.5. The zero-order valence-electron chi connectivity index (χ0n) is 12.1. The first-order valence-corrected chi connectivity index (χ1v) is 8.01. The van der Waals surface area contributed by atoms with Crippen LogP contribution in [0.2, 0.25) is 5.02 Å². The van der Waals surface area contributed by atoms with Gasteiger partial charge in [-0.1, -0.05) is 41.9 Å². The molecule has 0 aliphatic carbocycles. The topological polar surface area (TPSA) is 84.6 Å². The van der Waals surface area contributed by atoms with Gasteiger partial charge < -0.3 is 5.32 Å². The van der Waals surface area contributed by atoms with Gasteiger partial charge in [-0.25, -0.2) is 4.99 Å². The van der Waals surface area contributed by atoms with Crippen molar-refractivity contribution in [3.63, 3.8) is 0 Å². The van der Waals surface area contributed by atoms with Crippen LogP contribution in [0, 0.1) is 10.1 Å². The van der Waals surface area contributed by atoms with Crippen molar-refractivity contribution in [1.82, 2.24) is 5.32 Å². The summed E-state index contributed by atoms with van der Waals surface area (Å²) in [6, 6.07) is 13.4. The van der Waals surface area contributed by atoms with Crippen LogP contribution in [0.15, 0.2) is 58.4 Å². The fourth-order valence-corrected chi connectivity index (χ4v) is 3.04. The zero-order valence-corrected chi connectivity index (χ0v) is 13.7. The Bertz CT molecular complexity index is 881. The minimum atomic E-state index is -0.532. The average Bonchev–Trinajstić information content (AvgIpc) is 2.89. The largest absolute Gasteiger partial charge is 0.300 e. The van der Waals surface area contributed by atoms with Crippen LogP contribution >= 0.6 is 23.4 Å². The Morgan fingerprint density at radius 3 is 2.62 bits per heavy atom. The molecule has 1 saturated heterocycles. The molecule has 0 saturated carbocycles. The van der Waals surface area contributed by atoms with E-state index in [9.17, 15) is 14.9 Å². The second kappa shape index (κ2) is 6.86. The van der Waals surface area contributed by atoms with E-state index < -0.39 is 4.92 Å². The van der Waals surface area contributed by atoms with E-state index >= 15 is 0 Å². The summed E-state index contributed by atoms with van der Waals surface area (Å²) in [4.78, 5) is 26.9. The molecule has 8 heteroatoms. The minimum absolute atomic E-state index is 0.114. The van der Waals surface area contributed by atoms with E-state index in [-0.39, 0.29) is 16.6 Å². The van der Waals surface area contributed by atoms with Gasteiger partial charge in [-0.2, -0.15) is 0 Å². The van der Waals surface area contributed by atoms with Crippen molar-refractivity contribution in [2.24, 2.45) is 4.99 Å². The van der Waals surface area contributed by atoms with Crippen LogP contribution in [0.3, 0.4) is 0 Å². The van der Waals surface area contributed by atoms with Gasteiger partial charge in [0, 0.05) is 12.1 Å². The number of nitro benzene ring substituents is 1. The molecular formula is C16H10ClN3O3S. The van der Waals surface area contributed by atoms with E-state index in [1.54, 1.807) is 6.08 Å². The molecule has 1 aliphatic rings. The van der Waals surface area contributed by atoms with Gasteiger partial charge in [0.05, 0.1) is 20.5 Å². The zero-order chi connectivity index (χ0) is 17.1. The Morgan fingerprint density at radius 1 is 1.21 bits per heavy atom. The molecule has 1 amide bonds.